The number of rotatable bonds is 6. The van der Waals surface area contributed by atoms with Crippen molar-refractivity contribution in [3.8, 4) is 5.75 Å². The first kappa shape index (κ1) is 16.4. The Hall–Kier alpha value is -1.96. The summed E-state index contributed by atoms with van der Waals surface area (Å²) in [6.45, 7) is 2.29. The third-order valence-corrected chi connectivity index (χ3v) is 3.58. The Morgan fingerprint density at radius 1 is 1.45 bits per heavy atom. The molecule has 5 nitrogen and oxygen atoms in total. The second-order valence-electron chi connectivity index (χ2n) is 4.50. The minimum atomic E-state index is -1.02. The predicted octanol–water partition coefficient (Wildman–Crippen LogP) is 2.70. The minimum Gasteiger partial charge on any atom is -0.490 e. The molecule has 1 saturated heterocycles. The van der Waals surface area contributed by atoms with Gasteiger partial charge in [-0.2, -0.15) is 9.49 Å². The highest BCUT2D eigenvalue weighted by molar-refractivity contribution is 8.15. The Bertz CT molecular complexity index is 620. The second-order valence-corrected chi connectivity index (χ2v) is 5.47. The number of hydrogen-bond donors (Lipinski definition) is 1. The van der Waals surface area contributed by atoms with Crippen LogP contribution in [0.25, 0.3) is 0 Å². The Morgan fingerprint density at radius 3 is 2.95 bits per heavy atom. The van der Waals surface area contributed by atoms with Gasteiger partial charge in [0, 0.05) is 5.56 Å². The van der Waals surface area contributed by atoms with Crippen molar-refractivity contribution in [2.45, 2.75) is 19.8 Å². The number of carbonyl (C=O) groups excluding carboxylic acids is 1. The van der Waals surface area contributed by atoms with E-state index in [9.17, 15) is 13.6 Å². The number of benzene rings is 1. The van der Waals surface area contributed by atoms with Crippen LogP contribution >= 0.6 is 11.8 Å². The van der Waals surface area contributed by atoms with E-state index in [1.54, 1.807) is 0 Å². The van der Waals surface area contributed by atoms with Crippen LogP contribution in [0.2, 0.25) is 0 Å². The van der Waals surface area contributed by atoms with E-state index >= 15 is 0 Å². The summed E-state index contributed by atoms with van der Waals surface area (Å²) in [4.78, 5) is 11.0. The molecule has 8 heteroatoms. The van der Waals surface area contributed by atoms with Gasteiger partial charge in [-0.05, 0) is 18.6 Å². The van der Waals surface area contributed by atoms with Crippen molar-refractivity contribution < 1.29 is 18.3 Å². The molecule has 1 aromatic carbocycles. The van der Waals surface area contributed by atoms with Crippen molar-refractivity contribution in [3.05, 3.63) is 29.3 Å². The quantitative estimate of drug-likeness (QED) is 0.496. The van der Waals surface area contributed by atoms with Crippen LogP contribution < -0.4 is 10.1 Å². The molecule has 1 heterocycles. The molecule has 2 rings (SSSR count). The highest BCUT2D eigenvalue weighted by Gasteiger charge is 2.16. The average molecular weight is 327 g/mol. The molecule has 0 atom stereocenters. The normalized spacial score (nSPS) is 16.5. The number of hydrogen-bond acceptors (Lipinski definition) is 5. The fraction of sp³-hybridized carbons (Fsp3) is 0.357. The molecule has 0 spiro atoms. The van der Waals surface area contributed by atoms with E-state index in [4.69, 9.17) is 4.74 Å². The number of nitrogens with one attached hydrogen (secondary N) is 1. The summed E-state index contributed by atoms with van der Waals surface area (Å²) in [5, 5.41) is 10.4. The maximum atomic E-state index is 13.6. The van der Waals surface area contributed by atoms with Gasteiger partial charge in [0.15, 0.2) is 16.7 Å². The Balaban J connectivity index is 2.08. The van der Waals surface area contributed by atoms with Gasteiger partial charge in [-0.15, -0.1) is 5.10 Å². The van der Waals surface area contributed by atoms with E-state index in [0.29, 0.717) is 23.1 Å². The summed E-state index contributed by atoms with van der Waals surface area (Å²) >= 11 is 1.22. The van der Waals surface area contributed by atoms with Crippen LogP contribution in [0.4, 0.5) is 8.78 Å². The van der Waals surface area contributed by atoms with Gasteiger partial charge in [0.05, 0.1) is 18.6 Å². The zero-order valence-electron chi connectivity index (χ0n) is 11.9. The summed E-state index contributed by atoms with van der Waals surface area (Å²) in [6, 6.07) is 2.37. The maximum absolute atomic E-state index is 13.6. The molecule has 1 N–H and O–H groups in total. The Labute approximate surface area is 130 Å². The third kappa shape index (κ3) is 4.52. The number of amidine groups is 1. The molecule has 118 valence electrons. The average Bonchev–Trinajstić information content (AvgIpc) is 2.89. The summed E-state index contributed by atoms with van der Waals surface area (Å²) in [6.07, 6.45) is 2.92. The summed E-state index contributed by atoms with van der Waals surface area (Å²) < 4.78 is 32.3. The summed E-state index contributed by atoms with van der Waals surface area (Å²) in [5.74, 6) is -2.01. The number of halogens is 2. The molecule has 0 unspecified atom stereocenters. The van der Waals surface area contributed by atoms with Gasteiger partial charge in [-0.1, -0.05) is 25.1 Å². The molecule has 1 aromatic rings. The largest absolute Gasteiger partial charge is 0.490 e. The van der Waals surface area contributed by atoms with Gasteiger partial charge in [-0.25, -0.2) is 4.39 Å². The summed E-state index contributed by atoms with van der Waals surface area (Å²) in [5.41, 5.74) is 0.323. The zero-order valence-corrected chi connectivity index (χ0v) is 12.8. The number of thioether (sulfide) groups is 1. The number of amides is 1. The van der Waals surface area contributed by atoms with Crippen molar-refractivity contribution in [3.63, 3.8) is 0 Å². The molecule has 22 heavy (non-hydrogen) atoms. The number of unbranched alkanes of at least 4 members (excludes halogenated alkanes) is 1. The van der Waals surface area contributed by atoms with E-state index in [1.807, 2.05) is 6.92 Å². The van der Waals surface area contributed by atoms with E-state index in [-0.39, 0.29) is 11.7 Å². The molecule has 0 radical (unpaired) electrons. The van der Waals surface area contributed by atoms with Gasteiger partial charge < -0.3 is 10.1 Å². The minimum absolute atomic E-state index is 0.140. The smallest absolute Gasteiger partial charge is 0.236 e. The monoisotopic (exact) mass is 327 g/mol. The second kappa shape index (κ2) is 7.88. The van der Waals surface area contributed by atoms with Crippen molar-refractivity contribution in [1.82, 2.24) is 5.32 Å². The molecule has 1 aliphatic heterocycles. The summed E-state index contributed by atoms with van der Waals surface area (Å²) in [7, 11) is 0. The number of carbonyl (C=O) groups is 1. The lowest BCUT2D eigenvalue weighted by Gasteiger charge is -2.07. The van der Waals surface area contributed by atoms with Gasteiger partial charge in [0.25, 0.3) is 0 Å². The van der Waals surface area contributed by atoms with Crippen LogP contribution in [0.3, 0.4) is 0 Å². The van der Waals surface area contributed by atoms with Crippen LogP contribution in [0, 0.1) is 11.6 Å². The molecule has 0 saturated carbocycles. The van der Waals surface area contributed by atoms with E-state index < -0.39 is 11.6 Å². The molecular formula is C14H15F2N3O2S. The number of nitrogens with zero attached hydrogens (tertiary/aromatic N) is 2. The molecule has 0 bridgehead atoms. The van der Waals surface area contributed by atoms with E-state index in [2.05, 4.69) is 15.5 Å². The SMILES string of the molecule is CCCCOc1cc(C=NN=C2NC(=O)CS2)cc(F)c1F. The van der Waals surface area contributed by atoms with Crippen molar-refractivity contribution in [2.75, 3.05) is 12.4 Å². The third-order valence-electron chi connectivity index (χ3n) is 2.71. The number of ether oxygens (including phenoxy) is 1. The first-order valence-electron chi connectivity index (χ1n) is 6.75. The van der Waals surface area contributed by atoms with Crippen LogP contribution in [-0.4, -0.2) is 29.6 Å². The van der Waals surface area contributed by atoms with Crippen LogP contribution in [-0.2, 0) is 4.79 Å². The lowest BCUT2D eigenvalue weighted by Crippen LogP contribution is -2.19. The molecule has 0 aliphatic carbocycles. The molecule has 1 amide bonds. The first-order valence-corrected chi connectivity index (χ1v) is 7.74. The highest BCUT2D eigenvalue weighted by Crippen LogP contribution is 2.22. The molecule has 1 aliphatic rings. The zero-order chi connectivity index (χ0) is 15.9. The van der Waals surface area contributed by atoms with Gasteiger partial charge in [0.2, 0.25) is 11.7 Å². The fourth-order valence-electron chi connectivity index (χ4n) is 1.62. The van der Waals surface area contributed by atoms with Crippen LogP contribution in [0.5, 0.6) is 5.75 Å². The molecule has 1 fully saturated rings. The Kier molecular flexibility index (Phi) is 5.88. The van der Waals surface area contributed by atoms with E-state index in [1.165, 1.54) is 24.0 Å². The van der Waals surface area contributed by atoms with Gasteiger partial charge in [0.1, 0.15) is 0 Å². The van der Waals surface area contributed by atoms with Crippen LogP contribution in [0.15, 0.2) is 22.3 Å². The topological polar surface area (TPSA) is 63.1 Å². The molecule has 0 aromatic heterocycles. The van der Waals surface area contributed by atoms with Crippen molar-refractivity contribution in [2.24, 2.45) is 10.2 Å². The standard InChI is InChI=1S/C14H15F2N3O2S/c1-2-3-4-21-11-6-9(5-10(15)13(11)16)7-17-19-14-18-12(20)8-22-14/h5-7H,2-4,8H2,1H3,(H,18,19,20). The highest BCUT2D eigenvalue weighted by atomic mass is 32.2. The lowest BCUT2D eigenvalue weighted by atomic mass is 10.2. The maximum Gasteiger partial charge on any atom is 0.236 e. The Morgan fingerprint density at radius 2 is 2.27 bits per heavy atom. The predicted molar refractivity (Wildman–Crippen MR) is 82.4 cm³/mol. The van der Waals surface area contributed by atoms with Gasteiger partial charge in [-0.3, -0.25) is 4.79 Å². The van der Waals surface area contributed by atoms with Gasteiger partial charge >= 0.3 is 0 Å². The van der Waals surface area contributed by atoms with E-state index in [0.717, 1.165) is 18.9 Å². The van der Waals surface area contributed by atoms with Crippen molar-refractivity contribution >= 4 is 29.1 Å². The van der Waals surface area contributed by atoms with Crippen LogP contribution in [0.1, 0.15) is 25.3 Å². The lowest BCUT2D eigenvalue weighted by molar-refractivity contribution is -0.116. The van der Waals surface area contributed by atoms with Crippen molar-refractivity contribution in [1.29, 1.82) is 0 Å². The first-order chi connectivity index (χ1) is 10.6. The molecular weight excluding hydrogens is 312 g/mol. The fourth-order valence-corrected chi connectivity index (χ4v) is 2.25.